The monoisotopic (exact) mass is 379 g/mol. The zero-order valence-corrected chi connectivity index (χ0v) is 16.0. The fourth-order valence-electron chi connectivity index (χ4n) is 3.32. The summed E-state index contributed by atoms with van der Waals surface area (Å²) in [6.07, 6.45) is 6.02. The summed E-state index contributed by atoms with van der Waals surface area (Å²) >= 11 is 1.61. The van der Waals surface area contributed by atoms with E-state index >= 15 is 0 Å². The highest BCUT2D eigenvalue weighted by Crippen LogP contribution is 2.28. The maximum absolute atomic E-state index is 12.3. The van der Waals surface area contributed by atoms with E-state index in [4.69, 9.17) is 4.74 Å². The molecule has 27 heavy (non-hydrogen) atoms. The number of nitrogens with zero attached hydrogens (tertiary/aromatic N) is 2. The zero-order valence-electron chi connectivity index (χ0n) is 15.2. The van der Waals surface area contributed by atoms with Gasteiger partial charge in [0.25, 0.3) is 5.91 Å². The lowest BCUT2D eigenvalue weighted by Crippen LogP contribution is -2.21. The lowest BCUT2D eigenvalue weighted by Gasteiger charge is -2.18. The Labute approximate surface area is 162 Å². The van der Waals surface area contributed by atoms with Crippen LogP contribution >= 0.6 is 11.3 Å². The third-order valence-electron chi connectivity index (χ3n) is 4.61. The van der Waals surface area contributed by atoms with Gasteiger partial charge >= 0.3 is 0 Å². The number of amides is 1. The number of carbonyl (C=O) groups excluding carboxylic acids is 1. The molecule has 3 aromatic rings. The van der Waals surface area contributed by atoms with Crippen LogP contribution < -0.4 is 10.1 Å². The minimum Gasteiger partial charge on any atom is -0.483 e. The number of pyridine rings is 1. The fourth-order valence-corrected chi connectivity index (χ4v) is 3.94. The van der Waals surface area contributed by atoms with E-state index in [1.165, 1.54) is 6.42 Å². The highest BCUT2D eigenvalue weighted by atomic mass is 32.1. The van der Waals surface area contributed by atoms with Crippen LogP contribution in [0.25, 0.3) is 11.3 Å². The summed E-state index contributed by atoms with van der Waals surface area (Å²) in [6, 6.07) is 9.56. The van der Waals surface area contributed by atoms with Gasteiger partial charge in [-0.2, -0.15) is 0 Å². The van der Waals surface area contributed by atoms with Crippen LogP contribution in [0.4, 0.5) is 5.69 Å². The van der Waals surface area contributed by atoms with E-state index in [1.807, 2.05) is 42.6 Å². The molecule has 138 valence electrons. The molecule has 0 aliphatic heterocycles. The molecule has 1 N–H and O–H groups in total. The summed E-state index contributed by atoms with van der Waals surface area (Å²) < 4.78 is 5.79. The number of ether oxygens (including phenoxy) is 1. The van der Waals surface area contributed by atoms with Crippen LogP contribution in [0, 0.1) is 6.92 Å². The molecule has 0 fully saturated rings. The molecule has 6 heteroatoms. The Balaban J connectivity index is 1.40. The molecule has 1 aliphatic carbocycles. The molecule has 0 saturated heterocycles. The largest absolute Gasteiger partial charge is 0.483 e. The Hall–Kier alpha value is -2.73. The molecule has 0 saturated carbocycles. The number of thiazole rings is 1. The van der Waals surface area contributed by atoms with Crippen molar-refractivity contribution in [3.63, 3.8) is 0 Å². The van der Waals surface area contributed by atoms with E-state index in [-0.39, 0.29) is 12.5 Å². The Bertz CT molecular complexity index is 968. The number of benzene rings is 1. The van der Waals surface area contributed by atoms with Crippen molar-refractivity contribution in [2.24, 2.45) is 0 Å². The molecule has 0 radical (unpaired) electrons. The average Bonchev–Trinajstić information content (AvgIpc) is 3.13. The van der Waals surface area contributed by atoms with Crippen LogP contribution in [0.5, 0.6) is 5.75 Å². The van der Waals surface area contributed by atoms with Crippen LogP contribution in [0.3, 0.4) is 0 Å². The summed E-state index contributed by atoms with van der Waals surface area (Å²) in [5.74, 6) is 0.601. The lowest BCUT2D eigenvalue weighted by molar-refractivity contribution is -0.118. The summed E-state index contributed by atoms with van der Waals surface area (Å²) in [5.41, 5.74) is 4.90. The van der Waals surface area contributed by atoms with Crippen LogP contribution in [0.15, 0.2) is 41.9 Å². The molecule has 0 unspecified atom stereocenters. The van der Waals surface area contributed by atoms with E-state index in [0.29, 0.717) is 0 Å². The van der Waals surface area contributed by atoms with E-state index < -0.39 is 0 Å². The number of rotatable bonds is 5. The van der Waals surface area contributed by atoms with E-state index in [1.54, 1.807) is 17.5 Å². The minimum atomic E-state index is -0.178. The van der Waals surface area contributed by atoms with Gasteiger partial charge in [-0.15, -0.1) is 11.3 Å². The molecular weight excluding hydrogens is 358 g/mol. The van der Waals surface area contributed by atoms with E-state index in [9.17, 15) is 4.79 Å². The highest BCUT2D eigenvalue weighted by Gasteiger charge is 2.16. The molecule has 2 heterocycles. The molecule has 4 rings (SSSR count). The van der Waals surface area contributed by atoms with Crippen molar-refractivity contribution in [3.05, 3.63) is 58.2 Å². The third-order valence-corrected chi connectivity index (χ3v) is 5.39. The second-order valence-electron chi connectivity index (χ2n) is 6.61. The topological polar surface area (TPSA) is 64.1 Å². The molecule has 0 spiro atoms. The zero-order chi connectivity index (χ0) is 18.6. The standard InChI is InChI=1S/C21H21N3O2S/c1-14-23-19(13-27-14)15-5-4-6-16(11-15)24-21(25)12-26-20-9-10-22-18-8-3-2-7-17(18)20/h4-6,9-11,13H,2-3,7-8,12H2,1H3,(H,24,25). The summed E-state index contributed by atoms with van der Waals surface area (Å²) in [7, 11) is 0. The molecule has 1 amide bonds. The first kappa shape index (κ1) is 17.7. The molecule has 2 aromatic heterocycles. The maximum atomic E-state index is 12.3. The number of aryl methyl sites for hydroxylation is 2. The van der Waals surface area contributed by atoms with E-state index in [2.05, 4.69) is 15.3 Å². The van der Waals surface area contributed by atoms with Crippen molar-refractivity contribution in [1.29, 1.82) is 0 Å². The molecule has 0 bridgehead atoms. The predicted octanol–water partition coefficient (Wildman–Crippen LogP) is 4.41. The summed E-state index contributed by atoms with van der Waals surface area (Å²) in [5, 5.41) is 5.95. The van der Waals surface area contributed by atoms with Gasteiger partial charge in [-0.3, -0.25) is 9.78 Å². The van der Waals surface area contributed by atoms with Gasteiger partial charge in [-0.05, 0) is 50.8 Å². The highest BCUT2D eigenvalue weighted by molar-refractivity contribution is 7.09. The molecule has 0 atom stereocenters. The van der Waals surface area contributed by atoms with Crippen molar-refractivity contribution in [3.8, 4) is 17.0 Å². The van der Waals surface area contributed by atoms with E-state index in [0.717, 1.165) is 58.2 Å². The maximum Gasteiger partial charge on any atom is 0.262 e. The van der Waals surface area contributed by atoms with Gasteiger partial charge in [0.1, 0.15) is 5.75 Å². The average molecular weight is 379 g/mol. The van der Waals surface area contributed by atoms with Gasteiger partial charge in [-0.25, -0.2) is 4.98 Å². The Kier molecular flexibility index (Phi) is 5.16. The first-order valence-electron chi connectivity index (χ1n) is 9.11. The number of nitrogens with one attached hydrogen (secondary N) is 1. The first-order chi connectivity index (χ1) is 13.2. The van der Waals surface area contributed by atoms with Crippen LogP contribution in [0.2, 0.25) is 0 Å². The van der Waals surface area contributed by atoms with Gasteiger partial charge in [0.2, 0.25) is 0 Å². The van der Waals surface area contributed by atoms with Crippen LogP contribution in [-0.2, 0) is 17.6 Å². The fraction of sp³-hybridized carbons (Fsp3) is 0.286. The Morgan fingerprint density at radius 3 is 3.00 bits per heavy atom. The second-order valence-corrected chi connectivity index (χ2v) is 7.67. The molecular formula is C21H21N3O2S. The lowest BCUT2D eigenvalue weighted by atomic mass is 9.95. The van der Waals surface area contributed by atoms with Gasteiger partial charge < -0.3 is 10.1 Å². The predicted molar refractivity (Wildman–Crippen MR) is 107 cm³/mol. The van der Waals surface area contributed by atoms with Gasteiger partial charge in [-0.1, -0.05) is 12.1 Å². The van der Waals surface area contributed by atoms with Crippen molar-refractivity contribution in [1.82, 2.24) is 9.97 Å². The Morgan fingerprint density at radius 2 is 2.15 bits per heavy atom. The number of hydrogen-bond donors (Lipinski definition) is 1. The van der Waals surface area contributed by atoms with Gasteiger partial charge in [0, 0.05) is 34.1 Å². The van der Waals surface area contributed by atoms with Crippen molar-refractivity contribution < 1.29 is 9.53 Å². The van der Waals surface area contributed by atoms with Crippen molar-refractivity contribution in [2.45, 2.75) is 32.6 Å². The van der Waals surface area contributed by atoms with Crippen molar-refractivity contribution >= 4 is 22.9 Å². The van der Waals surface area contributed by atoms with Crippen molar-refractivity contribution in [2.75, 3.05) is 11.9 Å². The normalized spacial score (nSPS) is 13.1. The summed E-state index contributed by atoms with van der Waals surface area (Å²) in [4.78, 5) is 21.3. The van der Waals surface area contributed by atoms with Crippen LogP contribution in [0.1, 0.15) is 29.1 Å². The quantitative estimate of drug-likeness (QED) is 0.713. The number of fused-ring (bicyclic) bond motifs is 1. The number of hydrogen-bond acceptors (Lipinski definition) is 5. The molecule has 1 aromatic carbocycles. The summed E-state index contributed by atoms with van der Waals surface area (Å²) in [6.45, 7) is 1.96. The van der Waals surface area contributed by atoms with Gasteiger partial charge in [0.05, 0.1) is 10.7 Å². The first-order valence-corrected chi connectivity index (χ1v) is 9.99. The Morgan fingerprint density at radius 1 is 1.26 bits per heavy atom. The smallest absolute Gasteiger partial charge is 0.262 e. The molecule has 5 nitrogen and oxygen atoms in total. The number of anilines is 1. The second kappa shape index (κ2) is 7.88. The molecule has 1 aliphatic rings. The minimum absolute atomic E-state index is 0.0174. The third kappa shape index (κ3) is 4.17. The number of aromatic nitrogens is 2. The van der Waals surface area contributed by atoms with Crippen LogP contribution in [-0.4, -0.2) is 22.5 Å². The number of carbonyl (C=O) groups is 1. The SMILES string of the molecule is Cc1nc(-c2cccc(NC(=O)COc3ccnc4c3CCCC4)c2)cs1. The van der Waals surface area contributed by atoms with Gasteiger partial charge in [0.15, 0.2) is 6.61 Å².